The van der Waals surface area contributed by atoms with Crippen LogP contribution in [0.4, 0.5) is 30.6 Å². The zero-order valence-electron chi connectivity index (χ0n) is 28.5. The van der Waals surface area contributed by atoms with Crippen molar-refractivity contribution in [2.24, 2.45) is 4.36 Å². The van der Waals surface area contributed by atoms with E-state index in [1.165, 1.54) is 48.7 Å². The molecule has 1 aromatic heterocycles. The summed E-state index contributed by atoms with van der Waals surface area (Å²) in [4.78, 5) is 19.3. The molecule has 0 aliphatic heterocycles. The lowest BCUT2D eigenvalue weighted by atomic mass is 10.1. The zero-order valence-corrected chi connectivity index (χ0v) is 30.9. The van der Waals surface area contributed by atoms with Crippen molar-refractivity contribution in [3.05, 3.63) is 89.3 Å². The average molecular weight is 783 g/mol. The minimum Gasteiger partial charge on any atom is -0.494 e. The van der Waals surface area contributed by atoms with Gasteiger partial charge in [-0.25, -0.2) is 36.2 Å². The Morgan fingerprint density at radius 3 is 2.44 bits per heavy atom. The number of aromatic nitrogens is 2. The summed E-state index contributed by atoms with van der Waals surface area (Å²) in [5, 5.41) is 18.9. The summed E-state index contributed by atoms with van der Waals surface area (Å²) in [6.07, 6.45) is 1.48. The highest BCUT2D eigenvalue weighted by Crippen LogP contribution is 2.37. The van der Waals surface area contributed by atoms with Crippen LogP contribution in [0.3, 0.4) is 0 Å². The Bertz CT molecular complexity index is 2160. The summed E-state index contributed by atoms with van der Waals surface area (Å²) in [5.41, 5.74) is 2.77. The number of nitrogens with zero attached hydrogens (tertiary/aromatic N) is 4. The Morgan fingerprint density at radius 1 is 1.02 bits per heavy atom. The number of halogens is 3. The maximum absolute atomic E-state index is 15.0. The van der Waals surface area contributed by atoms with Crippen LogP contribution in [-0.2, 0) is 30.2 Å². The monoisotopic (exact) mass is 782 g/mol. The van der Waals surface area contributed by atoms with Crippen molar-refractivity contribution in [3.8, 4) is 17.0 Å². The van der Waals surface area contributed by atoms with Gasteiger partial charge in [0.1, 0.15) is 27.8 Å². The Balaban J connectivity index is 1.59. The number of carbonyl (C=O) groups is 1. The molecular formula is C33H37ClF2N6O8S2. The number of nitrogens with one attached hydrogen (secondary N) is 2. The van der Waals surface area contributed by atoms with Crippen molar-refractivity contribution >= 4 is 54.5 Å². The van der Waals surface area contributed by atoms with Crippen molar-refractivity contribution in [3.63, 3.8) is 0 Å². The predicted octanol–water partition coefficient (Wildman–Crippen LogP) is 7.26. The van der Waals surface area contributed by atoms with E-state index < -0.39 is 43.1 Å². The van der Waals surface area contributed by atoms with E-state index in [-0.39, 0.29) is 76.0 Å². The first-order valence-electron chi connectivity index (χ1n) is 15.5. The number of carbonyl (C=O) groups excluding carboxylic acids is 1. The number of benzene rings is 3. The van der Waals surface area contributed by atoms with Crippen LogP contribution in [0.15, 0.2) is 76.1 Å². The number of hydrogen-bond acceptors (Lipinski definition) is 12. The smallest absolute Gasteiger partial charge is 0.442 e. The third-order valence-electron chi connectivity index (χ3n) is 6.99. The van der Waals surface area contributed by atoms with Crippen molar-refractivity contribution in [2.75, 3.05) is 34.7 Å². The van der Waals surface area contributed by atoms with Gasteiger partial charge in [0, 0.05) is 24.4 Å². The Morgan fingerprint density at radius 2 is 1.75 bits per heavy atom. The second-order valence-electron chi connectivity index (χ2n) is 12.4. The minimum atomic E-state index is -4.56. The van der Waals surface area contributed by atoms with E-state index in [2.05, 4.69) is 14.3 Å². The van der Waals surface area contributed by atoms with Gasteiger partial charge in [0.25, 0.3) is 10.0 Å². The molecule has 0 radical (unpaired) electrons. The fourth-order valence-electron chi connectivity index (χ4n) is 4.94. The largest absolute Gasteiger partial charge is 0.494 e. The standard InChI is InChI=1S/C33H37ClF2N6O8S2/c1-33(2,3)50-32(43)41-51(4,46)20-21-15-23(39-44)18-24(16-21)49-14-8-7-13-42(52(47,48)29-10-6-5-9-27(29)40-45)28-17-22(35)11-12-25(28)30-26(36)19-37-31(34)38-30/h5-6,9-12,15-19,39-40,44-45H,7-8,13-14,20H2,1-4H3. The quantitative estimate of drug-likeness (QED) is 0.0569. The van der Waals surface area contributed by atoms with Crippen molar-refractivity contribution in [1.29, 1.82) is 0 Å². The Kier molecular flexibility index (Phi) is 13.0. The maximum Gasteiger partial charge on any atom is 0.442 e. The molecular weight excluding hydrogens is 746 g/mol. The molecule has 19 heteroatoms. The molecule has 0 spiro atoms. The van der Waals surface area contributed by atoms with Crippen molar-refractivity contribution in [1.82, 2.24) is 9.97 Å². The van der Waals surface area contributed by atoms with Gasteiger partial charge in [-0.1, -0.05) is 12.1 Å². The highest BCUT2D eigenvalue weighted by atomic mass is 35.5. The van der Waals surface area contributed by atoms with Gasteiger partial charge in [-0.3, -0.25) is 25.7 Å². The number of sulfonamides is 1. The SMILES string of the molecule is CC(C)(C)OC(=O)N=S(C)(=O)Cc1cc(NO)cc(OCCCCN(c2cc(F)ccc2-c2nc(Cl)ncc2F)S(=O)(=O)c2ccccc2NO)c1. The Labute approximate surface area is 304 Å². The molecule has 0 saturated carbocycles. The molecule has 1 heterocycles. The lowest BCUT2D eigenvalue weighted by Gasteiger charge is -2.27. The summed E-state index contributed by atoms with van der Waals surface area (Å²) in [6, 6.07) is 13.1. The summed E-state index contributed by atoms with van der Waals surface area (Å²) in [6.45, 7) is 4.71. The molecule has 0 saturated heterocycles. The molecule has 1 unspecified atom stereocenters. The van der Waals surface area contributed by atoms with Gasteiger partial charge in [0.15, 0.2) is 5.82 Å². The highest BCUT2D eigenvalue weighted by Gasteiger charge is 2.30. The number of para-hydroxylation sites is 1. The number of hydrogen-bond donors (Lipinski definition) is 4. The summed E-state index contributed by atoms with van der Waals surface area (Å²) >= 11 is 5.93. The molecule has 1 amide bonds. The summed E-state index contributed by atoms with van der Waals surface area (Å²) in [7, 11) is -7.66. The molecule has 0 bridgehead atoms. The summed E-state index contributed by atoms with van der Waals surface area (Å²) in [5.74, 6) is -1.68. The van der Waals surface area contributed by atoms with Crippen molar-refractivity contribution < 1.29 is 46.1 Å². The van der Waals surface area contributed by atoms with Crippen LogP contribution < -0.4 is 20.0 Å². The van der Waals surface area contributed by atoms with Crippen LogP contribution in [0, 0.1) is 11.6 Å². The van der Waals surface area contributed by atoms with E-state index in [9.17, 15) is 36.6 Å². The molecule has 280 valence electrons. The topological polar surface area (TPSA) is 193 Å². The second kappa shape index (κ2) is 16.8. The normalized spacial score (nSPS) is 12.8. The van der Waals surface area contributed by atoms with Gasteiger partial charge in [0.2, 0.25) is 5.28 Å². The number of unbranched alkanes of at least 4 members (excludes halogenated alkanes) is 1. The average Bonchev–Trinajstić information content (AvgIpc) is 3.05. The van der Waals surface area contributed by atoms with Gasteiger partial charge in [-0.05, 0) is 93.2 Å². The van der Waals surface area contributed by atoms with Gasteiger partial charge >= 0.3 is 6.09 Å². The van der Waals surface area contributed by atoms with E-state index in [1.807, 2.05) is 11.0 Å². The van der Waals surface area contributed by atoms with Crippen LogP contribution in [-0.4, -0.2) is 64.1 Å². The zero-order chi connectivity index (χ0) is 38.3. The lowest BCUT2D eigenvalue weighted by Crippen LogP contribution is -2.33. The first-order valence-corrected chi connectivity index (χ1v) is 19.4. The third kappa shape index (κ3) is 10.7. The van der Waals surface area contributed by atoms with Crippen LogP contribution in [0.5, 0.6) is 5.75 Å². The van der Waals surface area contributed by atoms with Crippen LogP contribution in [0.2, 0.25) is 5.28 Å². The molecule has 4 N–H and O–H groups in total. The molecule has 0 aliphatic rings. The number of ether oxygens (including phenoxy) is 2. The van der Waals surface area contributed by atoms with Gasteiger partial charge in [-0.15, -0.1) is 4.36 Å². The maximum atomic E-state index is 15.0. The van der Waals surface area contributed by atoms with E-state index in [4.69, 9.17) is 21.1 Å². The third-order valence-corrected chi connectivity index (χ3v) is 10.4. The molecule has 14 nitrogen and oxygen atoms in total. The molecule has 52 heavy (non-hydrogen) atoms. The fraction of sp³-hybridized carbons (Fsp3) is 0.303. The van der Waals surface area contributed by atoms with Crippen LogP contribution in [0.1, 0.15) is 39.2 Å². The predicted molar refractivity (Wildman–Crippen MR) is 192 cm³/mol. The lowest BCUT2D eigenvalue weighted by molar-refractivity contribution is 0.0607. The molecule has 0 fully saturated rings. The highest BCUT2D eigenvalue weighted by molar-refractivity contribution is 7.93. The minimum absolute atomic E-state index is 0.0208. The summed E-state index contributed by atoms with van der Waals surface area (Å²) < 4.78 is 86.8. The number of anilines is 3. The van der Waals surface area contributed by atoms with E-state index in [1.54, 1.807) is 26.8 Å². The van der Waals surface area contributed by atoms with Crippen LogP contribution in [0.25, 0.3) is 11.3 Å². The molecule has 1 atom stereocenters. The van der Waals surface area contributed by atoms with Gasteiger partial charge in [0.05, 0.1) is 45.3 Å². The molecule has 4 aromatic rings. The molecule has 3 aromatic carbocycles. The van der Waals surface area contributed by atoms with E-state index in [0.29, 0.717) is 5.56 Å². The first kappa shape index (κ1) is 40.2. The molecule has 4 rings (SSSR count). The van der Waals surface area contributed by atoms with Gasteiger partial charge in [-0.2, -0.15) is 0 Å². The van der Waals surface area contributed by atoms with Crippen LogP contribution >= 0.6 is 11.6 Å². The number of rotatable bonds is 14. The second-order valence-corrected chi connectivity index (χ2v) is 16.9. The van der Waals surface area contributed by atoms with E-state index >= 15 is 0 Å². The number of amides is 1. The first-order chi connectivity index (χ1) is 24.4. The van der Waals surface area contributed by atoms with Crippen molar-refractivity contribution in [2.45, 2.75) is 49.9 Å². The van der Waals surface area contributed by atoms with Gasteiger partial charge < -0.3 is 9.47 Å². The Hall–Kier alpha value is -4.62. The van der Waals surface area contributed by atoms with E-state index in [0.717, 1.165) is 22.6 Å². The fourth-order valence-corrected chi connectivity index (χ4v) is 7.93. The molecule has 0 aliphatic carbocycles.